The highest BCUT2D eigenvalue weighted by atomic mass is 35.5. The lowest BCUT2D eigenvalue weighted by atomic mass is 9.98. The van der Waals surface area contributed by atoms with E-state index < -0.39 is 0 Å². The van der Waals surface area contributed by atoms with Crippen molar-refractivity contribution in [3.8, 4) is 0 Å². The molecule has 0 amide bonds. The van der Waals surface area contributed by atoms with Crippen LogP contribution < -0.4 is 4.90 Å². The average molecular weight is 307 g/mol. The summed E-state index contributed by atoms with van der Waals surface area (Å²) in [6.45, 7) is 7.13. The first-order chi connectivity index (χ1) is 10.3. The monoisotopic (exact) mass is 306 g/mol. The lowest BCUT2D eigenvalue weighted by Gasteiger charge is -2.41. The fraction of sp³-hybridized carbons (Fsp3) is 0.667. The number of nitrogens with zero attached hydrogens (tertiary/aromatic N) is 2. The van der Waals surface area contributed by atoms with Gasteiger partial charge in [0.25, 0.3) is 0 Å². The normalized spacial score (nSPS) is 21.7. The van der Waals surface area contributed by atoms with Gasteiger partial charge in [-0.3, -0.25) is 0 Å². The summed E-state index contributed by atoms with van der Waals surface area (Å²) in [6, 6.07) is 7.52. The van der Waals surface area contributed by atoms with Crippen LogP contribution in [0.5, 0.6) is 0 Å². The largest absolute Gasteiger partial charge is 0.371 e. The number of hydrogen-bond acceptors (Lipinski definition) is 2. The van der Waals surface area contributed by atoms with Crippen LogP contribution in [0, 0.1) is 6.92 Å². The van der Waals surface area contributed by atoms with Crippen molar-refractivity contribution in [3.05, 3.63) is 29.3 Å². The van der Waals surface area contributed by atoms with Crippen molar-refractivity contribution in [3.63, 3.8) is 0 Å². The van der Waals surface area contributed by atoms with Crippen molar-refractivity contribution in [1.29, 1.82) is 0 Å². The third-order valence-corrected chi connectivity index (χ3v) is 5.38. The smallest absolute Gasteiger partial charge is 0.0494 e. The molecule has 0 aliphatic carbocycles. The van der Waals surface area contributed by atoms with Crippen LogP contribution in [0.25, 0.3) is 0 Å². The van der Waals surface area contributed by atoms with E-state index in [0.29, 0.717) is 5.88 Å². The zero-order valence-corrected chi connectivity index (χ0v) is 13.9. The zero-order chi connectivity index (χ0) is 14.7. The number of likely N-dealkylation sites (tertiary alicyclic amines) is 1. The molecule has 0 aromatic heterocycles. The van der Waals surface area contributed by atoms with Crippen LogP contribution in [0.15, 0.2) is 18.2 Å². The van der Waals surface area contributed by atoms with E-state index in [-0.39, 0.29) is 0 Å². The van der Waals surface area contributed by atoms with Crippen molar-refractivity contribution < 1.29 is 0 Å². The summed E-state index contributed by atoms with van der Waals surface area (Å²) in [5.74, 6) is 0.614. The molecule has 2 nitrogen and oxygen atoms in total. The van der Waals surface area contributed by atoms with Crippen LogP contribution in [0.3, 0.4) is 0 Å². The molecule has 0 atom stereocenters. The van der Waals surface area contributed by atoms with Crippen molar-refractivity contribution in [2.45, 2.75) is 50.9 Å². The molecular formula is C18H27ClN2. The van der Waals surface area contributed by atoms with Gasteiger partial charge < -0.3 is 9.80 Å². The van der Waals surface area contributed by atoms with Gasteiger partial charge in [-0.2, -0.15) is 0 Å². The Morgan fingerprint density at radius 1 is 1.05 bits per heavy atom. The van der Waals surface area contributed by atoms with Gasteiger partial charge in [-0.15, -0.1) is 11.6 Å². The lowest BCUT2D eigenvalue weighted by Crippen LogP contribution is -2.46. The van der Waals surface area contributed by atoms with Gasteiger partial charge in [0.05, 0.1) is 0 Å². The first-order valence-corrected chi connectivity index (χ1v) is 8.96. The van der Waals surface area contributed by atoms with E-state index >= 15 is 0 Å². The van der Waals surface area contributed by atoms with Gasteiger partial charge in [0.15, 0.2) is 0 Å². The van der Waals surface area contributed by atoms with E-state index in [1.165, 1.54) is 75.1 Å². The summed E-state index contributed by atoms with van der Waals surface area (Å²) in [5, 5.41) is 0. The van der Waals surface area contributed by atoms with Crippen LogP contribution in [-0.4, -0.2) is 37.1 Å². The Balaban J connectivity index is 1.62. The molecular weight excluding hydrogens is 280 g/mol. The Morgan fingerprint density at radius 2 is 1.76 bits per heavy atom. The Morgan fingerprint density at radius 3 is 2.43 bits per heavy atom. The first kappa shape index (κ1) is 15.2. The second kappa shape index (κ2) is 7.02. The van der Waals surface area contributed by atoms with Crippen molar-refractivity contribution >= 4 is 17.3 Å². The molecule has 0 bridgehead atoms. The van der Waals surface area contributed by atoms with Gasteiger partial charge in [-0.25, -0.2) is 0 Å². The fourth-order valence-corrected chi connectivity index (χ4v) is 4.10. The summed E-state index contributed by atoms with van der Waals surface area (Å²) >= 11 is 6.14. The molecule has 21 heavy (non-hydrogen) atoms. The van der Waals surface area contributed by atoms with Crippen molar-refractivity contribution in [2.75, 3.05) is 31.1 Å². The number of alkyl halides is 1. The molecule has 3 rings (SSSR count). The molecule has 2 aliphatic heterocycles. The summed E-state index contributed by atoms with van der Waals surface area (Å²) in [5.41, 5.74) is 3.94. The molecule has 1 aromatic carbocycles. The fourth-order valence-electron chi connectivity index (χ4n) is 3.89. The Kier molecular flexibility index (Phi) is 5.07. The highest BCUT2D eigenvalue weighted by Gasteiger charge is 2.26. The molecule has 0 spiro atoms. The van der Waals surface area contributed by atoms with E-state index in [4.69, 9.17) is 11.6 Å². The number of hydrogen-bond donors (Lipinski definition) is 0. The first-order valence-electron chi connectivity index (χ1n) is 8.42. The highest BCUT2D eigenvalue weighted by molar-refractivity contribution is 6.17. The Labute approximate surface area is 134 Å². The average Bonchev–Trinajstić information content (AvgIpc) is 2.56. The highest BCUT2D eigenvalue weighted by Crippen LogP contribution is 2.28. The maximum Gasteiger partial charge on any atom is 0.0494 e. The lowest BCUT2D eigenvalue weighted by molar-refractivity contribution is 0.141. The minimum Gasteiger partial charge on any atom is -0.371 e. The number of rotatable bonds is 3. The molecule has 0 N–H and O–H groups in total. The summed E-state index contributed by atoms with van der Waals surface area (Å²) in [4.78, 5) is 5.27. The third-order valence-electron chi connectivity index (χ3n) is 5.09. The van der Waals surface area contributed by atoms with Crippen LogP contribution in [0.4, 0.5) is 5.69 Å². The Bertz CT molecular complexity index is 460. The SMILES string of the molecule is Cc1ccc(N2CCC(N3CCCCC3)CC2)c(CCl)c1. The van der Waals surface area contributed by atoms with Crippen LogP contribution >= 0.6 is 11.6 Å². The van der Waals surface area contributed by atoms with E-state index in [0.717, 1.165) is 6.04 Å². The predicted octanol–water partition coefficient (Wildman–Crippen LogP) is 4.19. The quantitative estimate of drug-likeness (QED) is 0.773. The number of halogens is 1. The van der Waals surface area contributed by atoms with Crippen LogP contribution in [0.2, 0.25) is 0 Å². The summed E-state index contributed by atoms with van der Waals surface area (Å²) in [6.07, 6.45) is 6.83. The molecule has 116 valence electrons. The number of piperidine rings is 2. The van der Waals surface area contributed by atoms with Crippen molar-refractivity contribution in [2.24, 2.45) is 0 Å². The van der Waals surface area contributed by atoms with E-state index in [1.54, 1.807) is 0 Å². The molecule has 3 heteroatoms. The van der Waals surface area contributed by atoms with Gasteiger partial charge in [-0.05, 0) is 57.3 Å². The molecule has 0 radical (unpaired) electrons. The molecule has 2 saturated heterocycles. The molecule has 2 aliphatic rings. The predicted molar refractivity (Wildman–Crippen MR) is 91.4 cm³/mol. The summed E-state index contributed by atoms with van der Waals surface area (Å²) < 4.78 is 0. The second-order valence-corrected chi connectivity index (χ2v) is 6.85. The van der Waals surface area contributed by atoms with E-state index in [9.17, 15) is 0 Å². The molecule has 1 aromatic rings. The van der Waals surface area contributed by atoms with Gasteiger partial charge >= 0.3 is 0 Å². The third kappa shape index (κ3) is 3.54. The topological polar surface area (TPSA) is 6.48 Å². The minimum absolute atomic E-state index is 0.614. The molecule has 0 saturated carbocycles. The van der Waals surface area contributed by atoms with Gasteiger partial charge in [-0.1, -0.05) is 24.1 Å². The van der Waals surface area contributed by atoms with Gasteiger partial charge in [0, 0.05) is 30.7 Å². The minimum atomic E-state index is 0.614. The number of aryl methyl sites for hydroxylation is 1. The van der Waals surface area contributed by atoms with Gasteiger partial charge in [0.2, 0.25) is 0 Å². The standard InChI is InChI=1S/C18H27ClN2/c1-15-5-6-18(16(13-15)14-19)21-11-7-17(8-12-21)20-9-3-2-4-10-20/h5-6,13,17H,2-4,7-12,14H2,1H3. The molecule has 2 fully saturated rings. The van der Waals surface area contributed by atoms with E-state index in [1.807, 2.05) is 0 Å². The zero-order valence-electron chi connectivity index (χ0n) is 13.2. The number of anilines is 1. The van der Waals surface area contributed by atoms with E-state index in [2.05, 4.69) is 34.9 Å². The van der Waals surface area contributed by atoms with Crippen molar-refractivity contribution in [1.82, 2.24) is 4.90 Å². The summed E-state index contributed by atoms with van der Waals surface area (Å²) in [7, 11) is 0. The Hall–Kier alpha value is -0.730. The van der Waals surface area contributed by atoms with Gasteiger partial charge in [0.1, 0.15) is 0 Å². The maximum atomic E-state index is 6.14. The molecule has 0 unspecified atom stereocenters. The maximum absolute atomic E-state index is 6.14. The molecule has 2 heterocycles. The van der Waals surface area contributed by atoms with Crippen LogP contribution in [0.1, 0.15) is 43.2 Å². The van der Waals surface area contributed by atoms with Crippen LogP contribution in [-0.2, 0) is 5.88 Å². The second-order valence-electron chi connectivity index (χ2n) is 6.58. The number of benzene rings is 1.